The molecule has 7 aromatic rings. The van der Waals surface area contributed by atoms with E-state index in [4.69, 9.17) is 29.2 Å². The molecule has 9 aliphatic heterocycles. The summed E-state index contributed by atoms with van der Waals surface area (Å²) < 4.78 is 19.4. The number of aliphatic hydroxyl groups excluding tert-OH is 3. The Labute approximate surface area is 527 Å². The standard InChI is InChI=1S/C69H81N6O6.3BrH/c1-7-46-40-73(25-19-49(46)31-64(73)67(76)55-16-22-70-61-13-10-52(79-4)34-58(55)61)37-43-28-44(38-74-26-20-50(47(8-2)41-74)32-65(74)68(77)56-17-23-71-62-14-11-53(80-5)35-59(56)62)30-45(29-43)39-75-27-21-51(48(9-3)42-75)33-66(75)69(78)57-18-24-72-63-15-12-54(81-6)36-60(57)63;;;/h7-18,22-24,28-30,34-36,46-51,64-69,76-78H,1-3,19-21,25-27,31-33,37-42H2,4-6H3;3*1H/q+3;;;/p-3/t46?,47?,48?,49?,50?,51?,64-,65-,66-,67+,68+,69+,73?,74?,75?;;;/m1.../s1. The highest BCUT2D eigenvalue weighted by atomic mass is 79.9. The Morgan fingerprint density at radius 1 is 0.452 bits per heavy atom. The number of aromatic nitrogens is 3. The van der Waals surface area contributed by atoms with Gasteiger partial charge in [-0.2, -0.15) is 0 Å². The summed E-state index contributed by atoms with van der Waals surface area (Å²) in [7, 11) is 5.07. The van der Waals surface area contributed by atoms with Crippen molar-refractivity contribution < 1.29 is 93.9 Å². The van der Waals surface area contributed by atoms with Crippen molar-refractivity contribution in [1.29, 1.82) is 0 Å². The number of hydrogen-bond donors (Lipinski definition) is 3. The van der Waals surface area contributed by atoms with E-state index in [0.717, 1.165) is 178 Å². The number of benzene rings is 4. The molecule has 15 atom stereocenters. The van der Waals surface area contributed by atoms with Gasteiger partial charge in [-0.1, -0.05) is 18.2 Å². The van der Waals surface area contributed by atoms with Gasteiger partial charge in [0.25, 0.3) is 0 Å². The smallest absolute Gasteiger partial charge is 0.131 e. The number of nitrogens with zero attached hydrogens (tertiary/aromatic N) is 6. The van der Waals surface area contributed by atoms with E-state index in [1.54, 1.807) is 21.3 Å². The molecule has 6 bridgehead atoms. The fourth-order valence-electron chi connectivity index (χ4n) is 17.6. The van der Waals surface area contributed by atoms with Gasteiger partial charge in [0.2, 0.25) is 0 Å². The van der Waals surface area contributed by atoms with Crippen LogP contribution < -0.4 is 65.2 Å². The normalized spacial score (nSPS) is 30.3. The van der Waals surface area contributed by atoms with Crippen LogP contribution in [0.4, 0.5) is 0 Å². The summed E-state index contributed by atoms with van der Waals surface area (Å²) in [6.07, 6.45) is 15.8. The van der Waals surface area contributed by atoms with E-state index < -0.39 is 18.3 Å². The lowest BCUT2D eigenvalue weighted by molar-refractivity contribution is -0.986. The van der Waals surface area contributed by atoms with Gasteiger partial charge >= 0.3 is 0 Å². The van der Waals surface area contributed by atoms with Crippen molar-refractivity contribution in [2.75, 3.05) is 60.6 Å². The largest absolute Gasteiger partial charge is 1.00 e. The molecule has 3 aromatic heterocycles. The fraction of sp³-hybridized carbons (Fsp3) is 0.435. The lowest BCUT2D eigenvalue weighted by atomic mass is 9.70. The molecule has 3 N–H and O–H groups in total. The van der Waals surface area contributed by atoms with Gasteiger partial charge in [-0.15, -0.1) is 19.7 Å². The number of rotatable bonds is 18. The lowest BCUT2D eigenvalue weighted by Crippen LogP contribution is -3.00. The SMILES string of the molecule is C=CC1C[N+]2(Cc3cc(C[N+]45CCC(C[C@@H]4[C@@H](O)c4ccnc6ccc(OC)cc46)C(C=C)C5)cc(C[N+]45CCC(C[C@@H]4[C@@H](O)c4ccnc6ccc(OC)cc46)C(C=C)C5)c3)CCC1C[C@@H]2[C@@H](O)c1ccnc2ccc(OC)cc12.[Br-].[Br-].[Br-]. The van der Waals surface area contributed by atoms with Crippen LogP contribution in [-0.4, -0.2) is 122 Å². The van der Waals surface area contributed by atoms with Gasteiger partial charge in [0.05, 0.1) is 77.1 Å². The Morgan fingerprint density at radius 2 is 0.738 bits per heavy atom. The predicted molar refractivity (Wildman–Crippen MR) is 318 cm³/mol. The van der Waals surface area contributed by atoms with Crippen molar-refractivity contribution in [2.45, 2.75) is 94.6 Å². The van der Waals surface area contributed by atoms with Crippen LogP contribution in [-0.2, 0) is 19.6 Å². The van der Waals surface area contributed by atoms with Gasteiger partial charge in [0.1, 0.15) is 73.3 Å². The van der Waals surface area contributed by atoms with Crippen LogP contribution in [0, 0.1) is 35.5 Å². The average Bonchev–Trinajstić information content (AvgIpc) is 1.27. The Balaban J connectivity index is 0.00000262. The van der Waals surface area contributed by atoms with Crippen molar-refractivity contribution in [2.24, 2.45) is 35.5 Å². The molecule has 0 radical (unpaired) electrons. The van der Waals surface area contributed by atoms with Gasteiger partial charge in [0.15, 0.2) is 0 Å². The third-order valence-corrected chi connectivity index (χ3v) is 21.6. The van der Waals surface area contributed by atoms with Crippen molar-refractivity contribution in [3.63, 3.8) is 0 Å². The first-order valence-corrected chi connectivity index (χ1v) is 29.8. The van der Waals surface area contributed by atoms with Crippen LogP contribution in [0.3, 0.4) is 0 Å². The van der Waals surface area contributed by atoms with Gasteiger partial charge in [-0.25, -0.2) is 0 Å². The fourth-order valence-corrected chi connectivity index (χ4v) is 17.6. The average molecular weight is 1330 g/mol. The summed E-state index contributed by atoms with van der Waals surface area (Å²) in [5, 5.41) is 41.9. The van der Waals surface area contributed by atoms with E-state index in [2.05, 4.69) is 56.2 Å². The van der Waals surface area contributed by atoms with Gasteiger partial charge in [-0.3, -0.25) is 15.0 Å². The van der Waals surface area contributed by atoms with Gasteiger partial charge < -0.3 is 93.9 Å². The van der Waals surface area contributed by atoms with Crippen LogP contribution in [0.2, 0.25) is 0 Å². The molecule has 15 heteroatoms. The van der Waals surface area contributed by atoms with E-state index in [0.29, 0.717) is 35.5 Å². The number of hydrogen-bond acceptors (Lipinski definition) is 9. The third-order valence-electron chi connectivity index (χ3n) is 21.6. The molecule has 12 nitrogen and oxygen atoms in total. The highest BCUT2D eigenvalue weighted by molar-refractivity contribution is 5.85. The summed E-state index contributed by atoms with van der Waals surface area (Å²) >= 11 is 0. The molecule has 0 spiro atoms. The van der Waals surface area contributed by atoms with Crippen LogP contribution in [0.15, 0.2) is 148 Å². The lowest BCUT2D eigenvalue weighted by Gasteiger charge is -2.59. The molecule has 16 rings (SSSR count). The number of ether oxygens (including phenoxy) is 3. The second kappa shape index (κ2) is 25.0. The van der Waals surface area contributed by atoms with Crippen molar-refractivity contribution in [3.05, 3.63) is 181 Å². The first kappa shape index (κ1) is 62.0. The zero-order valence-corrected chi connectivity index (χ0v) is 53.4. The van der Waals surface area contributed by atoms with Gasteiger partial charge in [-0.05, 0) is 125 Å². The minimum atomic E-state index is -0.732. The van der Waals surface area contributed by atoms with E-state index in [1.807, 2.05) is 91.4 Å². The minimum Gasteiger partial charge on any atom is -1.00 e. The molecule has 9 fully saturated rings. The van der Waals surface area contributed by atoms with Crippen LogP contribution in [0.5, 0.6) is 17.2 Å². The van der Waals surface area contributed by atoms with Gasteiger partial charge in [0, 0.05) is 108 Å². The molecule has 4 aromatic carbocycles. The van der Waals surface area contributed by atoms with E-state index in [-0.39, 0.29) is 69.1 Å². The second-order valence-corrected chi connectivity index (χ2v) is 25.4. The van der Waals surface area contributed by atoms with Crippen LogP contribution in [0.25, 0.3) is 32.7 Å². The van der Waals surface area contributed by atoms with Crippen molar-refractivity contribution >= 4 is 32.7 Å². The number of methoxy groups -OCH3 is 3. The highest BCUT2D eigenvalue weighted by Gasteiger charge is 2.57. The molecule has 84 heavy (non-hydrogen) atoms. The van der Waals surface area contributed by atoms with Crippen molar-refractivity contribution in [1.82, 2.24) is 15.0 Å². The number of piperidine rings is 9. The molecule has 0 aliphatic carbocycles. The Bertz CT molecular complexity index is 3200. The quantitative estimate of drug-likeness (QED) is 0.0878. The number of halogens is 3. The molecule has 444 valence electrons. The first-order valence-electron chi connectivity index (χ1n) is 29.8. The van der Waals surface area contributed by atoms with Crippen molar-refractivity contribution in [3.8, 4) is 17.2 Å². The number of quaternary nitrogens is 3. The topological polar surface area (TPSA) is 127 Å². The third kappa shape index (κ3) is 10.9. The molecular weight excluding hydrogens is 1250 g/mol. The molecule has 9 unspecified atom stereocenters. The monoisotopic (exact) mass is 1330 g/mol. The number of pyridine rings is 3. The van der Waals surface area contributed by atoms with Crippen LogP contribution >= 0.6 is 0 Å². The summed E-state index contributed by atoms with van der Waals surface area (Å²) in [6, 6.07) is 31.3. The second-order valence-electron chi connectivity index (χ2n) is 25.4. The summed E-state index contributed by atoms with van der Waals surface area (Å²) in [6.45, 7) is 21.1. The molecule has 0 saturated carbocycles. The number of fused-ring (bicyclic) bond motifs is 12. The van der Waals surface area contributed by atoms with E-state index in [1.165, 1.54) is 16.7 Å². The number of aliphatic hydroxyl groups is 3. The maximum atomic E-state index is 13.1. The first-order chi connectivity index (χ1) is 39.4. The van der Waals surface area contributed by atoms with E-state index in [9.17, 15) is 15.3 Å². The Morgan fingerprint density at radius 3 is 1.00 bits per heavy atom. The summed E-state index contributed by atoms with van der Waals surface area (Å²) in [5.74, 6) is 4.59. The Hall–Kier alpha value is -5.07. The molecule has 0 amide bonds. The molecule has 9 saturated heterocycles. The van der Waals surface area contributed by atoms with Crippen LogP contribution in [0.1, 0.15) is 90.2 Å². The Kier molecular flexibility index (Phi) is 18.4. The highest BCUT2D eigenvalue weighted by Crippen LogP contribution is 2.52. The summed E-state index contributed by atoms with van der Waals surface area (Å²) in [4.78, 5) is 14.2. The maximum Gasteiger partial charge on any atom is 0.131 e. The minimum absolute atomic E-state index is 0. The maximum absolute atomic E-state index is 13.1. The zero-order valence-electron chi connectivity index (χ0n) is 48.7. The molecular formula is C69H81Br3N6O6. The molecule has 12 heterocycles. The zero-order chi connectivity index (χ0) is 55.8. The molecule has 9 aliphatic rings. The summed E-state index contributed by atoms with van der Waals surface area (Å²) in [5.41, 5.74) is 9.05. The predicted octanol–water partition coefficient (Wildman–Crippen LogP) is 2.30. The van der Waals surface area contributed by atoms with E-state index >= 15 is 0 Å².